The van der Waals surface area contributed by atoms with E-state index in [0.717, 1.165) is 0 Å². The molecule has 15 heavy (non-hydrogen) atoms. The number of carbonyl (C=O) groups excluding carboxylic acids is 1. The molecule has 1 aliphatic rings. The number of aldehydes is 1. The maximum atomic E-state index is 10.0. The van der Waals surface area contributed by atoms with Crippen LogP contribution in [0.1, 0.15) is 0 Å². The van der Waals surface area contributed by atoms with Crippen molar-refractivity contribution in [2.24, 2.45) is 0 Å². The second-order valence-electron chi connectivity index (χ2n) is 3.20. The summed E-state index contributed by atoms with van der Waals surface area (Å²) in [5.41, 5.74) is 0. The van der Waals surface area contributed by atoms with Crippen molar-refractivity contribution in [3.63, 3.8) is 0 Å². The van der Waals surface area contributed by atoms with Crippen LogP contribution in [-0.4, -0.2) is 70.6 Å². The SMILES string of the molecule is O=CCO[C@@H]1O[C@H](CO)[C@@H](O)[C@@H](O)[C@H]1O. The fourth-order valence-corrected chi connectivity index (χ4v) is 1.34. The number of aliphatic hydroxyl groups is 4. The minimum absolute atomic E-state index is 0.303. The average Bonchev–Trinajstić information content (AvgIpc) is 2.25. The van der Waals surface area contributed by atoms with Crippen LogP contribution in [0.3, 0.4) is 0 Å². The average molecular weight is 222 g/mol. The zero-order valence-corrected chi connectivity index (χ0v) is 7.89. The molecule has 0 radical (unpaired) electrons. The first-order chi connectivity index (χ1) is 7.11. The van der Waals surface area contributed by atoms with E-state index in [-0.39, 0.29) is 6.61 Å². The Hall–Kier alpha value is -0.570. The van der Waals surface area contributed by atoms with Crippen LogP contribution >= 0.6 is 0 Å². The Morgan fingerprint density at radius 2 is 1.87 bits per heavy atom. The molecule has 4 N–H and O–H groups in total. The lowest BCUT2D eigenvalue weighted by Crippen LogP contribution is -2.59. The summed E-state index contributed by atoms with van der Waals surface area (Å²) in [7, 11) is 0. The highest BCUT2D eigenvalue weighted by Crippen LogP contribution is 2.21. The third kappa shape index (κ3) is 2.71. The molecule has 88 valence electrons. The Morgan fingerprint density at radius 1 is 1.20 bits per heavy atom. The van der Waals surface area contributed by atoms with E-state index in [4.69, 9.17) is 14.6 Å². The highest BCUT2D eigenvalue weighted by atomic mass is 16.7. The molecule has 1 fully saturated rings. The van der Waals surface area contributed by atoms with E-state index < -0.39 is 37.3 Å². The van der Waals surface area contributed by atoms with Gasteiger partial charge < -0.3 is 34.7 Å². The van der Waals surface area contributed by atoms with Crippen LogP contribution in [0.5, 0.6) is 0 Å². The third-order valence-corrected chi connectivity index (χ3v) is 2.18. The highest BCUT2D eigenvalue weighted by Gasteiger charge is 2.43. The van der Waals surface area contributed by atoms with Gasteiger partial charge >= 0.3 is 0 Å². The predicted octanol–water partition coefficient (Wildman–Crippen LogP) is -3.00. The fourth-order valence-electron chi connectivity index (χ4n) is 1.34. The molecule has 0 amide bonds. The summed E-state index contributed by atoms with van der Waals surface area (Å²) in [6.07, 6.45) is -6.14. The summed E-state index contributed by atoms with van der Waals surface area (Å²) in [6.45, 7) is -0.825. The fraction of sp³-hybridized carbons (Fsp3) is 0.875. The van der Waals surface area contributed by atoms with Crippen molar-refractivity contribution >= 4 is 6.29 Å². The molecule has 7 nitrogen and oxygen atoms in total. The quantitative estimate of drug-likeness (QED) is 0.374. The lowest BCUT2D eigenvalue weighted by Gasteiger charge is -2.39. The lowest BCUT2D eigenvalue weighted by molar-refractivity contribution is -0.298. The van der Waals surface area contributed by atoms with E-state index >= 15 is 0 Å². The summed E-state index contributed by atoms with van der Waals surface area (Å²) < 4.78 is 9.71. The topological polar surface area (TPSA) is 116 Å². The lowest BCUT2D eigenvalue weighted by atomic mass is 9.99. The van der Waals surface area contributed by atoms with Gasteiger partial charge in [-0.15, -0.1) is 0 Å². The van der Waals surface area contributed by atoms with E-state index in [9.17, 15) is 20.1 Å². The Kier molecular flexibility index (Phi) is 4.58. The van der Waals surface area contributed by atoms with Crippen LogP contribution in [0.15, 0.2) is 0 Å². The maximum Gasteiger partial charge on any atom is 0.187 e. The smallest absolute Gasteiger partial charge is 0.187 e. The van der Waals surface area contributed by atoms with Gasteiger partial charge in [-0.2, -0.15) is 0 Å². The van der Waals surface area contributed by atoms with Crippen LogP contribution in [0, 0.1) is 0 Å². The molecular formula is C8H14O7. The first-order valence-electron chi connectivity index (χ1n) is 4.47. The Morgan fingerprint density at radius 3 is 2.40 bits per heavy atom. The van der Waals surface area contributed by atoms with Crippen molar-refractivity contribution in [2.75, 3.05) is 13.2 Å². The number of hydrogen-bond donors (Lipinski definition) is 4. The number of carbonyl (C=O) groups is 1. The number of ether oxygens (including phenoxy) is 2. The second kappa shape index (κ2) is 5.50. The molecular weight excluding hydrogens is 208 g/mol. The summed E-state index contributed by atoms with van der Waals surface area (Å²) >= 11 is 0. The van der Waals surface area contributed by atoms with Crippen molar-refractivity contribution in [3.05, 3.63) is 0 Å². The Labute approximate surface area is 85.9 Å². The normalized spacial score (nSPS) is 41.5. The number of rotatable bonds is 4. The van der Waals surface area contributed by atoms with Crippen molar-refractivity contribution in [1.29, 1.82) is 0 Å². The van der Waals surface area contributed by atoms with E-state index in [1.165, 1.54) is 0 Å². The summed E-state index contributed by atoms with van der Waals surface area (Å²) in [5.74, 6) is 0. The number of aliphatic hydroxyl groups excluding tert-OH is 4. The summed E-state index contributed by atoms with van der Waals surface area (Å²) in [4.78, 5) is 10.0. The molecule has 5 atom stereocenters. The standard InChI is InChI=1S/C8H14O7/c9-1-2-14-8-7(13)6(12)5(11)4(3-10)15-8/h1,4-8,10-13H,2-3H2/t4-,5-,6-,7-,8-/m1/s1. The highest BCUT2D eigenvalue weighted by molar-refractivity contribution is 5.50. The molecule has 0 aliphatic carbocycles. The minimum Gasteiger partial charge on any atom is -0.394 e. The van der Waals surface area contributed by atoms with Crippen molar-refractivity contribution in [2.45, 2.75) is 30.7 Å². The van der Waals surface area contributed by atoms with Gasteiger partial charge in [0.25, 0.3) is 0 Å². The molecule has 1 heterocycles. The summed E-state index contributed by atoms with van der Waals surface area (Å²) in [6, 6.07) is 0. The maximum absolute atomic E-state index is 10.0. The van der Waals surface area contributed by atoms with Gasteiger partial charge in [-0.25, -0.2) is 0 Å². The van der Waals surface area contributed by atoms with Crippen molar-refractivity contribution < 1.29 is 34.7 Å². The Bertz CT molecular complexity index is 207. The van der Waals surface area contributed by atoms with Crippen LogP contribution < -0.4 is 0 Å². The molecule has 7 heteroatoms. The van der Waals surface area contributed by atoms with E-state index in [2.05, 4.69) is 0 Å². The molecule has 0 saturated carbocycles. The molecule has 0 spiro atoms. The van der Waals surface area contributed by atoms with Gasteiger partial charge in [0.15, 0.2) is 6.29 Å². The molecule has 0 aromatic carbocycles. The third-order valence-electron chi connectivity index (χ3n) is 2.18. The first-order valence-corrected chi connectivity index (χ1v) is 4.47. The molecule has 0 unspecified atom stereocenters. The van der Waals surface area contributed by atoms with Crippen molar-refractivity contribution in [3.8, 4) is 0 Å². The number of hydrogen-bond acceptors (Lipinski definition) is 7. The van der Waals surface area contributed by atoms with Gasteiger partial charge in [-0.3, -0.25) is 0 Å². The van der Waals surface area contributed by atoms with E-state index in [1.54, 1.807) is 0 Å². The molecule has 1 aliphatic heterocycles. The second-order valence-corrected chi connectivity index (χ2v) is 3.20. The van der Waals surface area contributed by atoms with Crippen LogP contribution in [0.4, 0.5) is 0 Å². The zero-order chi connectivity index (χ0) is 11.4. The molecule has 0 bridgehead atoms. The first kappa shape index (κ1) is 12.5. The van der Waals surface area contributed by atoms with Crippen LogP contribution in [-0.2, 0) is 14.3 Å². The van der Waals surface area contributed by atoms with E-state index in [1.807, 2.05) is 0 Å². The van der Waals surface area contributed by atoms with Crippen LogP contribution in [0.2, 0.25) is 0 Å². The largest absolute Gasteiger partial charge is 0.394 e. The van der Waals surface area contributed by atoms with Gasteiger partial charge in [0, 0.05) is 0 Å². The Balaban J connectivity index is 2.60. The minimum atomic E-state index is -1.48. The monoisotopic (exact) mass is 222 g/mol. The molecule has 1 saturated heterocycles. The van der Waals surface area contributed by atoms with Crippen LogP contribution in [0.25, 0.3) is 0 Å². The molecule has 0 aromatic rings. The zero-order valence-electron chi connectivity index (χ0n) is 7.89. The molecule has 1 rings (SSSR count). The van der Waals surface area contributed by atoms with E-state index in [0.29, 0.717) is 6.29 Å². The van der Waals surface area contributed by atoms with Gasteiger partial charge in [-0.05, 0) is 0 Å². The van der Waals surface area contributed by atoms with Gasteiger partial charge in [0.2, 0.25) is 0 Å². The van der Waals surface area contributed by atoms with Gasteiger partial charge in [0.05, 0.1) is 6.61 Å². The van der Waals surface area contributed by atoms with Crippen molar-refractivity contribution in [1.82, 2.24) is 0 Å². The predicted molar refractivity (Wildman–Crippen MR) is 45.8 cm³/mol. The van der Waals surface area contributed by atoms with Gasteiger partial charge in [0.1, 0.15) is 37.3 Å². The van der Waals surface area contributed by atoms with Gasteiger partial charge in [-0.1, -0.05) is 0 Å². The molecule has 0 aromatic heterocycles. The summed E-state index contributed by atoms with van der Waals surface area (Å²) in [5, 5.41) is 36.9.